The summed E-state index contributed by atoms with van der Waals surface area (Å²) in [5.74, 6) is 0.722. The first-order valence-corrected chi connectivity index (χ1v) is 13.9. The molecule has 3 aromatic carbocycles. The van der Waals surface area contributed by atoms with Gasteiger partial charge >= 0.3 is 0 Å². The maximum Gasteiger partial charge on any atom is 0.256 e. The average molecular weight is 556 g/mol. The number of nitrogens with zero attached hydrogens (tertiary/aromatic N) is 2. The van der Waals surface area contributed by atoms with Crippen LogP contribution in [-0.4, -0.2) is 65.8 Å². The van der Waals surface area contributed by atoms with Crippen LogP contribution in [0.5, 0.6) is 11.5 Å². The van der Waals surface area contributed by atoms with Gasteiger partial charge in [-0.3, -0.25) is 19.3 Å². The molecule has 3 aromatic rings. The Kier molecular flexibility index (Phi) is 7.13. The summed E-state index contributed by atoms with van der Waals surface area (Å²) in [6, 6.07) is 19.6. The molecule has 0 aliphatic carbocycles. The van der Waals surface area contributed by atoms with Crippen LogP contribution in [0.3, 0.4) is 0 Å². The fraction of sp³-hybridized carbons (Fsp3) is 0.344. The minimum atomic E-state index is -0.981. The Morgan fingerprint density at radius 2 is 1.51 bits per heavy atom. The third-order valence-electron chi connectivity index (χ3n) is 8.05. The molecule has 41 heavy (non-hydrogen) atoms. The van der Waals surface area contributed by atoms with Crippen LogP contribution in [0.2, 0.25) is 0 Å². The normalized spacial score (nSPS) is 18.9. The zero-order valence-corrected chi connectivity index (χ0v) is 23.2. The van der Waals surface area contributed by atoms with E-state index in [1.807, 2.05) is 74.5 Å². The van der Waals surface area contributed by atoms with Crippen molar-refractivity contribution in [2.24, 2.45) is 0 Å². The van der Waals surface area contributed by atoms with E-state index < -0.39 is 11.8 Å². The fourth-order valence-electron chi connectivity index (χ4n) is 5.86. The number of hydrogen-bond donors (Lipinski definition) is 1. The lowest BCUT2D eigenvalue weighted by Gasteiger charge is -2.44. The number of likely N-dealkylation sites (tertiary alicyclic amines) is 1. The van der Waals surface area contributed by atoms with Gasteiger partial charge in [-0.05, 0) is 55.8 Å². The lowest BCUT2D eigenvalue weighted by molar-refractivity contribution is -0.128. The predicted molar refractivity (Wildman–Crippen MR) is 151 cm³/mol. The highest BCUT2D eigenvalue weighted by molar-refractivity contribution is 5.99. The molecule has 1 N–H and O–H groups in total. The molecule has 0 saturated carbocycles. The number of hydrogen-bond acceptors (Lipinski definition) is 6. The Morgan fingerprint density at radius 3 is 2.20 bits per heavy atom. The second-order valence-electron chi connectivity index (χ2n) is 10.9. The highest BCUT2D eigenvalue weighted by Crippen LogP contribution is 2.39. The second kappa shape index (κ2) is 10.9. The van der Waals surface area contributed by atoms with E-state index in [2.05, 4.69) is 5.32 Å². The summed E-state index contributed by atoms with van der Waals surface area (Å²) in [6.07, 6.45) is 0.822. The maximum atomic E-state index is 14.0. The van der Waals surface area contributed by atoms with Crippen molar-refractivity contribution in [1.29, 1.82) is 0 Å². The van der Waals surface area contributed by atoms with Gasteiger partial charge in [0.15, 0.2) is 11.5 Å². The van der Waals surface area contributed by atoms with E-state index in [0.717, 1.165) is 16.7 Å². The highest BCUT2D eigenvalue weighted by Gasteiger charge is 2.54. The van der Waals surface area contributed by atoms with Gasteiger partial charge in [-0.25, -0.2) is 0 Å². The van der Waals surface area contributed by atoms with Gasteiger partial charge in [0.05, 0.1) is 6.61 Å². The van der Waals surface area contributed by atoms with Crippen molar-refractivity contribution in [1.82, 2.24) is 15.1 Å². The molecule has 3 aliphatic heterocycles. The molecule has 9 nitrogen and oxygen atoms in total. The minimum absolute atomic E-state index is 0.0453. The van der Waals surface area contributed by atoms with Crippen LogP contribution in [-0.2, 0) is 16.1 Å². The van der Waals surface area contributed by atoms with E-state index in [-0.39, 0.29) is 37.7 Å². The predicted octanol–water partition coefficient (Wildman–Crippen LogP) is 3.82. The number of carbonyl (C=O) groups is 3. The minimum Gasteiger partial charge on any atom is -0.454 e. The molecule has 0 radical (unpaired) electrons. The van der Waals surface area contributed by atoms with Gasteiger partial charge in [0.2, 0.25) is 12.7 Å². The summed E-state index contributed by atoms with van der Waals surface area (Å²) in [5, 5.41) is 2.98. The third kappa shape index (κ3) is 5.25. The Labute approximate surface area is 239 Å². The molecular formula is C32H33N3O6. The van der Waals surface area contributed by atoms with Gasteiger partial charge in [0, 0.05) is 43.6 Å². The van der Waals surface area contributed by atoms with Gasteiger partial charge in [-0.2, -0.15) is 0 Å². The molecule has 3 aliphatic rings. The van der Waals surface area contributed by atoms with E-state index in [1.165, 1.54) is 0 Å². The van der Waals surface area contributed by atoms with Crippen molar-refractivity contribution in [3.8, 4) is 11.5 Å². The summed E-state index contributed by atoms with van der Waals surface area (Å²) in [6.45, 7) is 5.24. The number of fused-ring (bicyclic) bond motifs is 1. The standard InChI is InChI=1S/C32H33N3O6/c1-21-5-3-7-24(15-21)30(37)34-13-11-32(12-14-34)35(31(38)25-8-4-6-22(2)16-25)26(19-41-32)29(36)33-18-23-9-10-27-28(17-23)40-20-39-27/h3-10,15-17,26H,11-14,18-20H2,1-2H3,(H,33,36)/t26-/m1/s1. The number of rotatable bonds is 5. The Bertz CT molecular complexity index is 1500. The number of amides is 3. The quantitative estimate of drug-likeness (QED) is 0.514. The average Bonchev–Trinajstić information content (AvgIpc) is 3.60. The molecule has 6 rings (SSSR count). The first-order valence-electron chi connectivity index (χ1n) is 13.9. The van der Waals surface area contributed by atoms with Crippen molar-refractivity contribution in [3.63, 3.8) is 0 Å². The molecule has 9 heteroatoms. The molecule has 0 aromatic heterocycles. The van der Waals surface area contributed by atoms with Crippen LogP contribution in [0.1, 0.15) is 50.2 Å². The van der Waals surface area contributed by atoms with Gasteiger partial charge in [-0.15, -0.1) is 0 Å². The van der Waals surface area contributed by atoms with Gasteiger partial charge in [0.25, 0.3) is 11.8 Å². The van der Waals surface area contributed by atoms with Crippen molar-refractivity contribution in [2.75, 3.05) is 26.5 Å². The highest BCUT2D eigenvalue weighted by atomic mass is 16.7. The summed E-state index contributed by atoms with van der Waals surface area (Å²) >= 11 is 0. The van der Waals surface area contributed by atoms with E-state index >= 15 is 0 Å². The Morgan fingerprint density at radius 1 is 0.854 bits per heavy atom. The number of benzene rings is 3. The summed E-state index contributed by atoms with van der Waals surface area (Å²) in [4.78, 5) is 44.2. The van der Waals surface area contributed by atoms with Gasteiger partial charge in [0.1, 0.15) is 11.8 Å². The van der Waals surface area contributed by atoms with Crippen molar-refractivity contribution >= 4 is 17.7 Å². The molecular weight excluding hydrogens is 522 g/mol. The van der Waals surface area contributed by atoms with Crippen molar-refractivity contribution in [2.45, 2.75) is 45.0 Å². The summed E-state index contributed by atoms with van der Waals surface area (Å²) in [5.41, 5.74) is 2.99. The molecule has 2 fully saturated rings. The van der Waals surface area contributed by atoms with Crippen LogP contribution in [0.25, 0.3) is 0 Å². The van der Waals surface area contributed by atoms with Gasteiger partial charge in [-0.1, -0.05) is 41.5 Å². The molecule has 0 unspecified atom stereocenters. The Hall–Kier alpha value is -4.37. The van der Waals surface area contributed by atoms with Crippen LogP contribution in [0.4, 0.5) is 0 Å². The smallest absolute Gasteiger partial charge is 0.256 e. The topological polar surface area (TPSA) is 97.4 Å². The van der Waals surface area contributed by atoms with E-state index in [9.17, 15) is 14.4 Å². The molecule has 0 bridgehead atoms. The molecule has 212 valence electrons. The monoisotopic (exact) mass is 555 g/mol. The lowest BCUT2D eigenvalue weighted by Crippen LogP contribution is -2.59. The SMILES string of the molecule is Cc1cccc(C(=O)N2CCC3(CC2)OC[C@H](C(=O)NCc2ccc4c(c2)OCO4)N3C(=O)c2cccc(C)c2)c1. The number of carbonyl (C=O) groups excluding carboxylic acids is 3. The number of piperidine rings is 1. The number of nitrogens with one attached hydrogen (secondary N) is 1. The van der Waals surface area contributed by atoms with Crippen LogP contribution in [0, 0.1) is 13.8 Å². The first-order chi connectivity index (χ1) is 19.8. The second-order valence-corrected chi connectivity index (χ2v) is 10.9. The van der Waals surface area contributed by atoms with Crippen LogP contribution in [0.15, 0.2) is 66.7 Å². The van der Waals surface area contributed by atoms with E-state index in [4.69, 9.17) is 14.2 Å². The number of ether oxygens (including phenoxy) is 3. The molecule has 3 heterocycles. The van der Waals surface area contributed by atoms with Crippen molar-refractivity contribution in [3.05, 3.63) is 94.5 Å². The lowest BCUT2D eigenvalue weighted by atomic mass is 9.95. The molecule has 1 spiro atoms. The van der Waals surface area contributed by atoms with Crippen molar-refractivity contribution < 1.29 is 28.6 Å². The fourth-order valence-corrected chi connectivity index (χ4v) is 5.86. The first kappa shape index (κ1) is 26.8. The summed E-state index contributed by atoms with van der Waals surface area (Å²) < 4.78 is 17.2. The molecule has 2 saturated heterocycles. The molecule has 3 amide bonds. The summed E-state index contributed by atoms with van der Waals surface area (Å²) in [7, 11) is 0. The van der Waals surface area contributed by atoms with Gasteiger partial charge < -0.3 is 24.4 Å². The largest absolute Gasteiger partial charge is 0.454 e. The zero-order chi connectivity index (χ0) is 28.6. The third-order valence-corrected chi connectivity index (χ3v) is 8.05. The maximum absolute atomic E-state index is 14.0. The van der Waals surface area contributed by atoms with E-state index in [1.54, 1.807) is 15.9 Å². The van der Waals surface area contributed by atoms with Crippen LogP contribution < -0.4 is 14.8 Å². The molecule has 1 atom stereocenters. The Balaban J connectivity index is 1.21. The zero-order valence-electron chi connectivity index (χ0n) is 23.2. The number of aryl methyl sites for hydroxylation is 2. The van der Waals surface area contributed by atoms with Crippen LogP contribution >= 0.6 is 0 Å². The van der Waals surface area contributed by atoms with E-state index in [0.29, 0.717) is 48.6 Å².